The van der Waals surface area contributed by atoms with Gasteiger partial charge in [0.25, 0.3) is 0 Å². The SMILES string of the molecule is CC(C)CN[P+]1([O-])OCC(C)(C)CO1. The fraction of sp³-hybridized carbons (Fsp3) is 1.00. The molecule has 0 unspecified atom stereocenters. The molecule has 0 aromatic heterocycles. The van der Waals surface area contributed by atoms with E-state index in [1.165, 1.54) is 0 Å². The molecule has 1 heterocycles. The summed E-state index contributed by atoms with van der Waals surface area (Å²) < 4.78 is 10.5. The van der Waals surface area contributed by atoms with E-state index in [1.807, 2.05) is 27.7 Å². The van der Waals surface area contributed by atoms with Crippen LogP contribution >= 0.6 is 8.09 Å². The molecule has 4 nitrogen and oxygen atoms in total. The molecule has 0 spiro atoms. The Kier molecular flexibility index (Phi) is 3.89. The Balaban J connectivity index is 2.37. The van der Waals surface area contributed by atoms with E-state index in [0.29, 0.717) is 25.7 Å². The van der Waals surface area contributed by atoms with Crippen LogP contribution in [-0.2, 0) is 9.05 Å². The van der Waals surface area contributed by atoms with Crippen LogP contribution in [0.15, 0.2) is 0 Å². The van der Waals surface area contributed by atoms with Crippen LogP contribution in [0.3, 0.4) is 0 Å². The molecule has 1 rings (SSSR count). The number of rotatable bonds is 3. The molecular formula is C9H20NO3P. The maximum absolute atomic E-state index is 11.9. The van der Waals surface area contributed by atoms with Gasteiger partial charge in [-0.25, -0.2) is 0 Å². The van der Waals surface area contributed by atoms with Crippen LogP contribution in [0.25, 0.3) is 0 Å². The predicted octanol–water partition coefficient (Wildman–Crippen LogP) is 1.34. The van der Waals surface area contributed by atoms with E-state index in [2.05, 4.69) is 5.09 Å². The van der Waals surface area contributed by atoms with E-state index < -0.39 is 8.09 Å². The van der Waals surface area contributed by atoms with Crippen molar-refractivity contribution in [3.8, 4) is 0 Å². The first kappa shape index (κ1) is 12.3. The van der Waals surface area contributed by atoms with Crippen LogP contribution in [0.2, 0.25) is 0 Å². The zero-order chi connectivity index (χ0) is 10.8. The number of hydrogen-bond donors (Lipinski definition) is 1. The van der Waals surface area contributed by atoms with E-state index in [1.54, 1.807) is 0 Å². The van der Waals surface area contributed by atoms with E-state index in [4.69, 9.17) is 9.05 Å². The van der Waals surface area contributed by atoms with Gasteiger partial charge in [-0.15, -0.1) is 5.09 Å². The lowest BCUT2D eigenvalue weighted by molar-refractivity contribution is -0.237. The summed E-state index contributed by atoms with van der Waals surface area (Å²) in [4.78, 5) is 11.9. The standard InChI is InChI=1S/C9H20NO3P/c1-8(2)5-10-14(11)12-6-9(3,4)7-13-14/h8H,5-7H2,1-4H3,(H,10,11). The molecule has 14 heavy (non-hydrogen) atoms. The summed E-state index contributed by atoms with van der Waals surface area (Å²) in [5.74, 6) is 0.433. The Morgan fingerprint density at radius 3 is 2.29 bits per heavy atom. The lowest BCUT2D eigenvalue weighted by Gasteiger charge is -2.37. The molecule has 0 atom stereocenters. The van der Waals surface area contributed by atoms with Crippen molar-refractivity contribution in [3.05, 3.63) is 0 Å². The van der Waals surface area contributed by atoms with Gasteiger partial charge in [0.15, 0.2) is 0 Å². The van der Waals surface area contributed by atoms with Crippen LogP contribution in [-0.4, -0.2) is 19.8 Å². The van der Waals surface area contributed by atoms with Crippen LogP contribution < -0.4 is 9.98 Å². The third kappa shape index (κ3) is 3.79. The maximum Gasteiger partial charge on any atom is 0.312 e. The van der Waals surface area contributed by atoms with Crippen LogP contribution in [0.4, 0.5) is 0 Å². The van der Waals surface area contributed by atoms with Crippen molar-refractivity contribution in [2.45, 2.75) is 27.7 Å². The minimum absolute atomic E-state index is 0.0343. The molecule has 5 heteroatoms. The summed E-state index contributed by atoms with van der Waals surface area (Å²) in [5, 5.41) is 2.85. The Morgan fingerprint density at radius 1 is 1.36 bits per heavy atom. The fourth-order valence-corrected chi connectivity index (χ4v) is 2.87. The maximum atomic E-state index is 11.9. The Bertz CT molecular complexity index is 181. The van der Waals surface area contributed by atoms with Gasteiger partial charge in [0, 0.05) is 12.0 Å². The summed E-state index contributed by atoms with van der Waals surface area (Å²) in [5.41, 5.74) is -0.0343. The lowest BCUT2D eigenvalue weighted by Crippen LogP contribution is -2.41. The molecule has 1 N–H and O–H groups in total. The largest absolute Gasteiger partial charge is 0.616 e. The molecule has 0 aromatic carbocycles. The van der Waals surface area contributed by atoms with Gasteiger partial charge >= 0.3 is 8.09 Å². The van der Waals surface area contributed by atoms with Gasteiger partial charge in [-0.05, 0) is 5.92 Å². The van der Waals surface area contributed by atoms with Crippen molar-refractivity contribution >= 4 is 8.09 Å². The van der Waals surface area contributed by atoms with Gasteiger partial charge in [0.05, 0.1) is 0 Å². The summed E-state index contributed by atoms with van der Waals surface area (Å²) in [6, 6.07) is 0. The molecule has 1 fully saturated rings. The van der Waals surface area contributed by atoms with Gasteiger partial charge in [0.1, 0.15) is 13.2 Å². The Morgan fingerprint density at radius 2 is 1.86 bits per heavy atom. The van der Waals surface area contributed by atoms with Crippen molar-refractivity contribution < 1.29 is 13.9 Å². The van der Waals surface area contributed by atoms with Crippen molar-refractivity contribution in [1.29, 1.82) is 0 Å². The highest BCUT2D eigenvalue weighted by Gasteiger charge is 2.41. The second-order valence-corrected chi connectivity index (χ2v) is 6.79. The first-order valence-corrected chi connectivity index (χ1v) is 6.51. The summed E-state index contributed by atoms with van der Waals surface area (Å²) >= 11 is 0. The second kappa shape index (κ2) is 4.42. The molecule has 0 radical (unpaired) electrons. The molecule has 1 saturated heterocycles. The molecule has 0 saturated carbocycles. The minimum atomic E-state index is -3.00. The normalized spacial score (nSPS) is 25.3. The summed E-state index contributed by atoms with van der Waals surface area (Å²) in [6.45, 7) is 9.76. The van der Waals surface area contributed by atoms with Crippen LogP contribution in [0, 0.1) is 11.3 Å². The van der Waals surface area contributed by atoms with Gasteiger partial charge < -0.3 is 4.89 Å². The number of nitrogens with one attached hydrogen (secondary N) is 1. The van der Waals surface area contributed by atoms with E-state index in [9.17, 15) is 4.89 Å². The smallest absolute Gasteiger partial charge is 0.312 e. The molecule has 0 aliphatic carbocycles. The predicted molar refractivity (Wildman–Crippen MR) is 55.4 cm³/mol. The van der Waals surface area contributed by atoms with E-state index in [0.717, 1.165) is 0 Å². The fourth-order valence-electron chi connectivity index (χ4n) is 0.984. The quantitative estimate of drug-likeness (QED) is 0.731. The molecule has 1 aliphatic heterocycles. The monoisotopic (exact) mass is 221 g/mol. The minimum Gasteiger partial charge on any atom is -0.616 e. The molecule has 0 bridgehead atoms. The highest BCUT2D eigenvalue weighted by atomic mass is 31.2. The highest BCUT2D eigenvalue weighted by Crippen LogP contribution is 2.53. The molecule has 84 valence electrons. The molecular weight excluding hydrogens is 201 g/mol. The summed E-state index contributed by atoms with van der Waals surface area (Å²) in [6.07, 6.45) is 0. The summed E-state index contributed by atoms with van der Waals surface area (Å²) in [7, 11) is -3.00. The van der Waals surface area contributed by atoms with Crippen LogP contribution in [0.1, 0.15) is 27.7 Å². The van der Waals surface area contributed by atoms with E-state index in [-0.39, 0.29) is 5.41 Å². The van der Waals surface area contributed by atoms with Gasteiger partial charge in [-0.2, -0.15) is 9.05 Å². The average molecular weight is 221 g/mol. The van der Waals surface area contributed by atoms with Crippen molar-refractivity contribution in [2.24, 2.45) is 11.3 Å². The molecule has 0 amide bonds. The zero-order valence-electron chi connectivity index (χ0n) is 9.37. The van der Waals surface area contributed by atoms with Gasteiger partial charge in [-0.3, -0.25) is 0 Å². The first-order valence-electron chi connectivity index (χ1n) is 4.97. The molecule has 1 aliphatic rings. The van der Waals surface area contributed by atoms with Crippen molar-refractivity contribution in [1.82, 2.24) is 5.09 Å². The third-order valence-electron chi connectivity index (χ3n) is 1.94. The Labute approximate surface area is 86.6 Å². The van der Waals surface area contributed by atoms with E-state index >= 15 is 0 Å². The van der Waals surface area contributed by atoms with Gasteiger partial charge in [-0.1, -0.05) is 27.7 Å². The average Bonchev–Trinajstić information content (AvgIpc) is 2.08. The second-order valence-electron chi connectivity index (χ2n) is 4.96. The Hall–Kier alpha value is 0.270. The first-order chi connectivity index (χ1) is 6.33. The van der Waals surface area contributed by atoms with Crippen LogP contribution in [0.5, 0.6) is 0 Å². The number of hydrogen-bond acceptors (Lipinski definition) is 4. The zero-order valence-corrected chi connectivity index (χ0v) is 10.3. The molecule has 0 aromatic rings. The topological polar surface area (TPSA) is 53.5 Å². The van der Waals surface area contributed by atoms with Crippen molar-refractivity contribution in [2.75, 3.05) is 19.8 Å². The third-order valence-corrected chi connectivity index (χ3v) is 3.45. The van der Waals surface area contributed by atoms with Crippen molar-refractivity contribution in [3.63, 3.8) is 0 Å². The highest BCUT2D eigenvalue weighted by molar-refractivity contribution is 7.57. The van der Waals surface area contributed by atoms with Gasteiger partial charge in [0.2, 0.25) is 0 Å². The lowest BCUT2D eigenvalue weighted by atomic mass is 9.97.